The lowest BCUT2D eigenvalue weighted by molar-refractivity contribution is 0.588. The van der Waals surface area contributed by atoms with Gasteiger partial charge < -0.3 is 9.13 Å². The van der Waals surface area contributed by atoms with Crippen LogP contribution in [0, 0.1) is 6.92 Å². The fourth-order valence-corrected chi connectivity index (χ4v) is 4.17. The van der Waals surface area contributed by atoms with Gasteiger partial charge >= 0.3 is 0 Å². The monoisotopic (exact) mass is 362 g/mol. The molecule has 2 aromatic heterocycles. The van der Waals surface area contributed by atoms with Crippen molar-refractivity contribution in [2.75, 3.05) is 10.5 Å². The first kappa shape index (κ1) is 15.3. The van der Waals surface area contributed by atoms with Gasteiger partial charge in [-0.05, 0) is 30.7 Å². The lowest BCUT2D eigenvalue weighted by Gasteiger charge is -2.19. The molecule has 0 radical (unpaired) electrons. The van der Waals surface area contributed by atoms with Crippen molar-refractivity contribution in [3.63, 3.8) is 0 Å². The van der Waals surface area contributed by atoms with Crippen molar-refractivity contribution in [1.29, 1.82) is 0 Å². The molecule has 1 aliphatic heterocycles. The lowest BCUT2D eigenvalue weighted by Crippen LogP contribution is -2.27. The first-order valence-corrected chi connectivity index (χ1v) is 9.47. The van der Waals surface area contributed by atoms with E-state index in [2.05, 4.69) is 9.71 Å². The van der Waals surface area contributed by atoms with Crippen molar-refractivity contribution in [3.05, 3.63) is 53.7 Å². The third kappa shape index (κ3) is 2.59. The Labute approximate surface area is 144 Å². The fraction of sp³-hybridized carbons (Fsp3) is 0.188. The zero-order valence-electron chi connectivity index (χ0n) is 12.9. The maximum absolute atomic E-state index is 11.9. The average molecular weight is 363 g/mol. The van der Waals surface area contributed by atoms with Crippen LogP contribution in [-0.4, -0.2) is 28.3 Å². The maximum Gasteiger partial charge on any atom is 0.235 e. The fourth-order valence-electron chi connectivity index (χ4n) is 2.85. The molecule has 3 aromatic rings. The molecule has 24 heavy (non-hydrogen) atoms. The second kappa shape index (κ2) is 5.39. The number of benzene rings is 1. The normalized spacial score (nSPS) is 15.8. The van der Waals surface area contributed by atoms with Gasteiger partial charge in [-0.15, -0.1) is 0 Å². The quantitative estimate of drug-likeness (QED) is 0.761. The zero-order valence-corrected chi connectivity index (χ0v) is 14.5. The minimum Gasteiger partial charge on any atom is -0.316 e. The summed E-state index contributed by atoms with van der Waals surface area (Å²) >= 11 is 6.25. The van der Waals surface area contributed by atoms with E-state index < -0.39 is 10.0 Å². The van der Waals surface area contributed by atoms with Gasteiger partial charge in [-0.1, -0.05) is 23.7 Å². The Hall–Kier alpha value is -2.25. The Bertz CT molecular complexity index is 1020. The molecule has 3 heterocycles. The van der Waals surface area contributed by atoms with Gasteiger partial charge in [0.15, 0.2) is 0 Å². The molecule has 0 spiro atoms. The van der Waals surface area contributed by atoms with Crippen LogP contribution in [0.25, 0.3) is 16.8 Å². The minimum absolute atomic E-state index is 0.0345. The van der Waals surface area contributed by atoms with Crippen molar-refractivity contribution >= 4 is 27.4 Å². The summed E-state index contributed by atoms with van der Waals surface area (Å²) < 4.78 is 30.1. The van der Waals surface area contributed by atoms with Gasteiger partial charge in [-0.3, -0.25) is 4.72 Å². The van der Waals surface area contributed by atoms with Crippen LogP contribution in [0.5, 0.6) is 0 Å². The topological polar surface area (TPSA) is 68.9 Å². The molecule has 124 valence electrons. The molecular weight excluding hydrogens is 348 g/mol. The highest BCUT2D eigenvalue weighted by atomic mass is 35.5. The number of hydrogen-bond donors (Lipinski definition) is 1. The van der Waals surface area contributed by atoms with Gasteiger partial charge in [-0.2, -0.15) is 0 Å². The Kier molecular flexibility index (Phi) is 3.43. The lowest BCUT2D eigenvalue weighted by atomic mass is 10.1. The molecule has 0 unspecified atom stereocenters. The number of nitrogens with one attached hydrogen (secondary N) is 1. The molecule has 0 aliphatic carbocycles. The molecule has 4 rings (SSSR count). The van der Waals surface area contributed by atoms with Crippen molar-refractivity contribution < 1.29 is 8.42 Å². The average Bonchev–Trinajstić information content (AvgIpc) is 3.10. The Morgan fingerprint density at radius 2 is 2.00 bits per heavy atom. The molecule has 6 nitrogen and oxygen atoms in total. The Morgan fingerprint density at radius 3 is 2.67 bits per heavy atom. The van der Waals surface area contributed by atoms with Gasteiger partial charge in [0, 0.05) is 24.0 Å². The molecule has 0 fully saturated rings. The molecular formula is C16H15ClN4O2S. The summed E-state index contributed by atoms with van der Waals surface area (Å²) in [5.41, 5.74) is 3.60. The largest absolute Gasteiger partial charge is 0.316 e. The molecule has 1 aromatic carbocycles. The molecule has 0 amide bonds. The van der Waals surface area contributed by atoms with E-state index in [1.54, 1.807) is 17.0 Å². The van der Waals surface area contributed by atoms with Crippen LogP contribution in [0.2, 0.25) is 5.15 Å². The minimum atomic E-state index is -3.30. The van der Waals surface area contributed by atoms with Gasteiger partial charge in [0.05, 0.1) is 17.8 Å². The SMILES string of the molecule is Cc1cn(-c2ccc(-c3cc(Cl)n4c3NS(=O)(=O)CC4)cc2)cn1. The summed E-state index contributed by atoms with van der Waals surface area (Å²) in [6.07, 6.45) is 3.70. The number of hydrogen-bond acceptors (Lipinski definition) is 3. The highest BCUT2D eigenvalue weighted by molar-refractivity contribution is 7.92. The van der Waals surface area contributed by atoms with E-state index in [9.17, 15) is 8.42 Å². The van der Waals surface area contributed by atoms with Crippen molar-refractivity contribution in [2.24, 2.45) is 0 Å². The number of anilines is 1. The smallest absolute Gasteiger partial charge is 0.235 e. The number of fused-ring (bicyclic) bond motifs is 1. The third-order valence-corrected chi connectivity index (χ3v) is 5.61. The Morgan fingerprint density at radius 1 is 1.25 bits per heavy atom. The number of aromatic nitrogens is 3. The second-order valence-corrected chi connectivity index (χ2v) is 8.00. The van der Waals surface area contributed by atoms with Crippen LogP contribution in [0.4, 0.5) is 5.82 Å². The van der Waals surface area contributed by atoms with Gasteiger partial charge in [-0.25, -0.2) is 13.4 Å². The van der Waals surface area contributed by atoms with Crippen molar-refractivity contribution in [1.82, 2.24) is 14.1 Å². The third-order valence-electron chi connectivity index (χ3n) is 4.07. The molecule has 0 saturated carbocycles. The summed E-state index contributed by atoms with van der Waals surface area (Å²) in [6.45, 7) is 2.29. The van der Waals surface area contributed by atoms with Crippen molar-refractivity contribution in [2.45, 2.75) is 13.5 Å². The van der Waals surface area contributed by atoms with E-state index >= 15 is 0 Å². The van der Waals surface area contributed by atoms with Gasteiger partial charge in [0.1, 0.15) is 11.0 Å². The number of aryl methyl sites for hydroxylation is 1. The summed E-state index contributed by atoms with van der Waals surface area (Å²) in [6, 6.07) is 9.61. The number of sulfonamides is 1. The highest BCUT2D eigenvalue weighted by Gasteiger charge is 2.25. The molecule has 8 heteroatoms. The van der Waals surface area contributed by atoms with Gasteiger partial charge in [0.25, 0.3) is 0 Å². The highest BCUT2D eigenvalue weighted by Crippen LogP contribution is 2.36. The van der Waals surface area contributed by atoms with Crippen LogP contribution < -0.4 is 4.72 Å². The summed E-state index contributed by atoms with van der Waals surface area (Å²) in [5.74, 6) is 0.560. The van der Waals surface area contributed by atoms with Crippen LogP contribution in [-0.2, 0) is 16.6 Å². The van der Waals surface area contributed by atoms with E-state index in [4.69, 9.17) is 11.6 Å². The number of nitrogens with zero attached hydrogens (tertiary/aromatic N) is 3. The summed E-state index contributed by atoms with van der Waals surface area (Å²) in [7, 11) is -3.30. The molecule has 0 bridgehead atoms. The van der Waals surface area contributed by atoms with Gasteiger partial charge in [0.2, 0.25) is 10.0 Å². The standard InChI is InChI=1S/C16H15ClN4O2S/c1-11-9-20(10-18-11)13-4-2-12(3-5-13)14-8-15(17)21-6-7-24(22,23)19-16(14)21/h2-5,8-10,19H,6-7H2,1H3. The molecule has 0 saturated heterocycles. The molecule has 0 atom stereocenters. The molecule has 1 aliphatic rings. The van der Waals surface area contributed by atoms with E-state index in [0.29, 0.717) is 17.5 Å². The number of imidazole rings is 1. The first-order chi connectivity index (χ1) is 11.4. The zero-order chi connectivity index (χ0) is 16.9. The van der Waals surface area contributed by atoms with E-state index in [0.717, 1.165) is 22.5 Å². The van der Waals surface area contributed by atoms with Crippen LogP contribution in [0.3, 0.4) is 0 Å². The summed E-state index contributed by atoms with van der Waals surface area (Å²) in [4.78, 5) is 4.22. The van der Waals surface area contributed by atoms with Crippen LogP contribution in [0.1, 0.15) is 5.69 Å². The Balaban J connectivity index is 1.75. The van der Waals surface area contributed by atoms with E-state index in [-0.39, 0.29) is 5.75 Å². The van der Waals surface area contributed by atoms with Crippen molar-refractivity contribution in [3.8, 4) is 16.8 Å². The number of halogens is 1. The van der Waals surface area contributed by atoms with Crippen LogP contribution in [0.15, 0.2) is 42.9 Å². The summed E-state index contributed by atoms with van der Waals surface area (Å²) in [5, 5.41) is 0.525. The predicted molar refractivity (Wildman–Crippen MR) is 94.1 cm³/mol. The second-order valence-electron chi connectivity index (χ2n) is 5.77. The first-order valence-electron chi connectivity index (χ1n) is 7.44. The van der Waals surface area contributed by atoms with Crippen LogP contribution >= 0.6 is 11.6 Å². The van der Waals surface area contributed by atoms with E-state index in [1.807, 2.05) is 42.0 Å². The number of rotatable bonds is 2. The van der Waals surface area contributed by atoms with E-state index in [1.165, 1.54) is 0 Å². The predicted octanol–water partition coefficient (Wildman–Crippen LogP) is 3.06. The molecule has 1 N–H and O–H groups in total. The maximum atomic E-state index is 11.9.